The van der Waals surface area contributed by atoms with E-state index in [-0.39, 0.29) is 24.8 Å². The first-order valence-electron chi connectivity index (χ1n) is 8.69. The maximum absolute atomic E-state index is 12.5. The molecule has 1 heterocycles. The third-order valence-corrected chi connectivity index (χ3v) is 4.33. The molecule has 1 aliphatic heterocycles. The molecule has 1 atom stereocenters. The number of fused-ring (bicyclic) bond motifs is 1. The van der Waals surface area contributed by atoms with Crippen molar-refractivity contribution in [3.8, 4) is 5.75 Å². The van der Waals surface area contributed by atoms with E-state index in [0.717, 1.165) is 11.1 Å². The number of hydrogen-bond donors (Lipinski definition) is 3. The third kappa shape index (κ3) is 4.84. The number of anilines is 1. The van der Waals surface area contributed by atoms with Crippen molar-refractivity contribution in [2.24, 2.45) is 5.73 Å². The number of rotatable bonds is 7. The van der Waals surface area contributed by atoms with Crippen LogP contribution in [-0.4, -0.2) is 30.9 Å². The van der Waals surface area contributed by atoms with E-state index in [0.29, 0.717) is 24.4 Å². The van der Waals surface area contributed by atoms with Crippen LogP contribution in [0.15, 0.2) is 48.5 Å². The highest BCUT2D eigenvalue weighted by Crippen LogP contribution is 2.31. The Labute approximate surface area is 156 Å². The van der Waals surface area contributed by atoms with E-state index >= 15 is 0 Å². The summed E-state index contributed by atoms with van der Waals surface area (Å²) in [5.74, 6) is -0.746. The van der Waals surface area contributed by atoms with Gasteiger partial charge in [0.05, 0.1) is 5.92 Å². The summed E-state index contributed by atoms with van der Waals surface area (Å²) in [6.07, 6.45) is 0.789. The minimum Gasteiger partial charge on any atom is -0.484 e. The van der Waals surface area contributed by atoms with Gasteiger partial charge in [0.25, 0.3) is 5.91 Å². The van der Waals surface area contributed by atoms with Gasteiger partial charge in [0.1, 0.15) is 5.75 Å². The molecule has 7 nitrogen and oxygen atoms in total. The molecule has 0 saturated carbocycles. The molecule has 0 bridgehead atoms. The van der Waals surface area contributed by atoms with Gasteiger partial charge in [0, 0.05) is 18.7 Å². The van der Waals surface area contributed by atoms with Gasteiger partial charge in [-0.15, -0.1) is 0 Å². The van der Waals surface area contributed by atoms with Crippen LogP contribution in [-0.2, 0) is 20.8 Å². The van der Waals surface area contributed by atoms with Crippen LogP contribution in [0.1, 0.15) is 23.5 Å². The summed E-state index contributed by atoms with van der Waals surface area (Å²) in [6.45, 7) is 0.298. The molecule has 7 heteroatoms. The summed E-state index contributed by atoms with van der Waals surface area (Å²) in [7, 11) is 0. The molecular formula is C20H21N3O4. The molecule has 3 rings (SSSR count). The summed E-state index contributed by atoms with van der Waals surface area (Å²) in [5, 5.41) is 5.70. The van der Waals surface area contributed by atoms with Gasteiger partial charge in [-0.1, -0.05) is 30.3 Å². The van der Waals surface area contributed by atoms with Crippen molar-refractivity contribution in [1.29, 1.82) is 0 Å². The molecule has 2 aromatic carbocycles. The molecule has 1 aliphatic rings. The van der Waals surface area contributed by atoms with Crippen LogP contribution in [0.25, 0.3) is 0 Å². The maximum Gasteiger partial charge on any atom is 0.255 e. The van der Waals surface area contributed by atoms with Gasteiger partial charge in [-0.3, -0.25) is 14.4 Å². The zero-order valence-corrected chi connectivity index (χ0v) is 14.7. The highest BCUT2D eigenvalue weighted by Gasteiger charge is 2.30. The predicted molar refractivity (Wildman–Crippen MR) is 100 cm³/mol. The summed E-state index contributed by atoms with van der Waals surface area (Å²) in [4.78, 5) is 35.1. The predicted octanol–water partition coefficient (Wildman–Crippen LogP) is 1.34. The van der Waals surface area contributed by atoms with Crippen LogP contribution in [0.3, 0.4) is 0 Å². The number of amides is 3. The normalized spacial score (nSPS) is 15.4. The zero-order valence-electron chi connectivity index (χ0n) is 14.7. The van der Waals surface area contributed by atoms with Crippen LogP contribution in [0.4, 0.5) is 5.69 Å². The van der Waals surface area contributed by atoms with Gasteiger partial charge in [-0.2, -0.15) is 0 Å². The maximum atomic E-state index is 12.5. The quantitative estimate of drug-likeness (QED) is 0.686. The number of primary amides is 1. The van der Waals surface area contributed by atoms with E-state index in [4.69, 9.17) is 10.5 Å². The van der Waals surface area contributed by atoms with Crippen molar-refractivity contribution in [1.82, 2.24) is 5.32 Å². The second-order valence-corrected chi connectivity index (χ2v) is 6.33. The Hall–Kier alpha value is -3.35. The number of carbonyl (C=O) groups excluding carboxylic acids is 3. The molecule has 2 aromatic rings. The molecule has 27 heavy (non-hydrogen) atoms. The number of ether oxygens (including phenoxy) is 1. The minimum absolute atomic E-state index is 0.148. The van der Waals surface area contributed by atoms with Crippen LogP contribution >= 0.6 is 0 Å². The average molecular weight is 367 g/mol. The molecule has 0 fully saturated rings. The van der Waals surface area contributed by atoms with Gasteiger partial charge >= 0.3 is 0 Å². The Morgan fingerprint density at radius 2 is 1.89 bits per heavy atom. The lowest BCUT2D eigenvalue weighted by atomic mass is 9.90. The zero-order chi connectivity index (χ0) is 19.2. The van der Waals surface area contributed by atoms with Crippen molar-refractivity contribution in [3.05, 3.63) is 59.7 Å². The molecule has 4 N–H and O–H groups in total. The van der Waals surface area contributed by atoms with Crippen LogP contribution in [0, 0.1) is 0 Å². The van der Waals surface area contributed by atoms with E-state index in [1.165, 1.54) is 0 Å². The van der Waals surface area contributed by atoms with E-state index < -0.39 is 11.8 Å². The Balaban J connectivity index is 1.53. The topological polar surface area (TPSA) is 111 Å². The lowest BCUT2D eigenvalue weighted by Gasteiger charge is -2.24. The smallest absolute Gasteiger partial charge is 0.255 e. The minimum atomic E-state index is -0.528. The largest absolute Gasteiger partial charge is 0.484 e. The molecule has 140 valence electrons. The first kappa shape index (κ1) is 18.4. The van der Waals surface area contributed by atoms with Crippen molar-refractivity contribution in [2.75, 3.05) is 18.5 Å². The molecule has 0 spiro atoms. The molecule has 3 amide bonds. The van der Waals surface area contributed by atoms with E-state index in [9.17, 15) is 14.4 Å². The second-order valence-electron chi connectivity index (χ2n) is 6.33. The number of para-hydroxylation sites is 1. The summed E-state index contributed by atoms with van der Waals surface area (Å²) < 4.78 is 5.21. The fourth-order valence-corrected chi connectivity index (χ4v) is 3.01. The van der Waals surface area contributed by atoms with Gasteiger partial charge in [-0.25, -0.2) is 0 Å². The number of carbonyl (C=O) groups is 3. The Morgan fingerprint density at radius 3 is 2.63 bits per heavy atom. The van der Waals surface area contributed by atoms with Gasteiger partial charge in [-0.05, 0) is 35.7 Å². The summed E-state index contributed by atoms with van der Waals surface area (Å²) in [6, 6.07) is 14.6. The highest BCUT2D eigenvalue weighted by molar-refractivity contribution is 6.01. The fraction of sp³-hybridized carbons (Fsp3) is 0.250. The molecule has 0 aromatic heterocycles. The van der Waals surface area contributed by atoms with E-state index in [1.54, 1.807) is 18.2 Å². The third-order valence-electron chi connectivity index (χ3n) is 4.33. The molecule has 0 radical (unpaired) electrons. The highest BCUT2D eigenvalue weighted by atomic mass is 16.5. The second kappa shape index (κ2) is 8.35. The van der Waals surface area contributed by atoms with Crippen molar-refractivity contribution < 1.29 is 19.1 Å². The number of hydrogen-bond acceptors (Lipinski definition) is 4. The van der Waals surface area contributed by atoms with Crippen molar-refractivity contribution in [2.45, 2.75) is 18.8 Å². The van der Waals surface area contributed by atoms with Gasteiger partial charge in [0.15, 0.2) is 6.61 Å². The van der Waals surface area contributed by atoms with E-state index in [1.807, 2.05) is 30.3 Å². The van der Waals surface area contributed by atoms with Crippen molar-refractivity contribution >= 4 is 23.4 Å². The van der Waals surface area contributed by atoms with Crippen LogP contribution in [0.2, 0.25) is 0 Å². The van der Waals surface area contributed by atoms with Crippen molar-refractivity contribution in [3.63, 3.8) is 0 Å². The standard InChI is InChI=1S/C20H21N3O4/c21-18(24)12-27-14-7-5-13(6-8-14)9-10-22-20(26)16-11-19(25)23-17-4-2-1-3-15(16)17/h1-8,16H,9-12H2,(H2,21,24)(H,22,26)(H,23,25)/t16-/m0/s1. The van der Waals surface area contributed by atoms with Crippen LogP contribution < -0.4 is 21.1 Å². The van der Waals surface area contributed by atoms with Gasteiger partial charge < -0.3 is 21.1 Å². The summed E-state index contributed by atoms with van der Waals surface area (Å²) in [5.41, 5.74) is 7.59. The molecular weight excluding hydrogens is 346 g/mol. The monoisotopic (exact) mass is 367 g/mol. The Morgan fingerprint density at radius 1 is 1.15 bits per heavy atom. The lowest BCUT2D eigenvalue weighted by molar-refractivity contribution is -0.126. The first-order chi connectivity index (χ1) is 13.0. The fourth-order valence-electron chi connectivity index (χ4n) is 3.01. The van der Waals surface area contributed by atoms with E-state index in [2.05, 4.69) is 10.6 Å². The first-order valence-corrected chi connectivity index (χ1v) is 8.69. The SMILES string of the molecule is NC(=O)COc1ccc(CCNC(=O)[C@H]2CC(=O)Nc3ccccc32)cc1. The Bertz CT molecular complexity index is 849. The number of nitrogens with two attached hydrogens (primary N) is 1. The average Bonchev–Trinajstić information content (AvgIpc) is 2.66. The number of nitrogens with one attached hydrogen (secondary N) is 2. The Kier molecular flexibility index (Phi) is 5.71. The molecule has 0 saturated heterocycles. The molecule has 0 aliphatic carbocycles. The lowest BCUT2D eigenvalue weighted by Crippen LogP contribution is -2.35. The summed E-state index contributed by atoms with van der Waals surface area (Å²) >= 11 is 0. The van der Waals surface area contributed by atoms with Gasteiger partial charge in [0.2, 0.25) is 11.8 Å². The molecule has 0 unspecified atom stereocenters. The van der Waals surface area contributed by atoms with Crippen LogP contribution in [0.5, 0.6) is 5.75 Å². The number of benzene rings is 2.